The summed E-state index contributed by atoms with van der Waals surface area (Å²) in [7, 11) is 0. The molecule has 1 aromatic rings. The average Bonchev–Trinajstić information content (AvgIpc) is 2.52. The summed E-state index contributed by atoms with van der Waals surface area (Å²) in [4.78, 5) is 9.74. The second-order valence-corrected chi connectivity index (χ2v) is 7.00. The smallest absolute Gasteiger partial charge is 0.131 e. The highest BCUT2D eigenvalue weighted by atomic mass is 14.9. The fourth-order valence-electron chi connectivity index (χ4n) is 3.96. The van der Waals surface area contributed by atoms with Crippen molar-refractivity contribution in [3.8, 4) is 0 Å². The molecule has 21 heavy (non-hydrogen) atoms. The molecule has 0 aliphatic heterocycles. The minimum Gasteiger partial charge on any atom is -0.310 e. The van der Waals surface area contributed by atoms with Crippen molar-refractivity contribution in [3.63, 3.8) is 0 Å². The highest BCUT2D eigenvalue weighted by Crippen LogP contribution is 2.36. The molecule has 1 saturated carbocycles. The van der Waals surface area contributed by atoms with Gasteiger partial charge in [0.2, 0.25) is 0 Å². The lowest BCUT2D eigenvalue weighted by Gasteiger charge is -2.29. The van der Waals surface area contributed by atoms with Crippen molar-refractivity contribution < 1.29 is 0 Å². The van der Waals surface area contributed by atoms with Gasteiger partial charge in [0.05, 0.1) is 0 Å². The third-order valence-corrected chi connectivity index (χ3v) is 5.14. The van der Waals surface area contributed by atoms with E-state index in [9.17, 15) is 0 Å². The Labute approximate surface area is 129 Å². The van der Waals surface area contributed by atoms with Crippen LogP contribution in [0.4, 0.5) is 0 Å². The van der Waals surface area contributed by atoms with Crippen molar-refractivity contribution in [3.05, 3.63) is 23.3 Å². The van der Waals surface area contributed by atoms with Crippen LogP contribution in [0.1, 0.15) is 87.8 Å². The summed E-state index contributed by atoms with van der Waals surface area (Å²) in [6, 6.07) is 0.480. The van der Waals surface area contributed by atoms with Crippen LogP contribution in [0, 0.1) is 5.92 Å². The van der Waals surface area contributed by atoms with Gasteiger partial charge in [-0.15, -0.1) is 0 Å². The first-order valence-corrected chi connectivity index (χ1v) is 8.87. The number of rotatable bonds is 4. The zero-order chi connectivity index (χ0) is 14.7. The lowest BCUT2D eigenvalue weighted by Crippen LogP contribution is -2.27. The molecule has 116 valence electrons. The van der Waals surface area contributed by atoms with E-state index in [1.807, 2.05) is 0 Å². The molecule has 3 nitrogen and oxygen atoms in total. The van der Waals surface area contributed by atoms with Crippen LogP contribution in [-0.4, -0.2) is 16.5 Å². The predicted molar refractivity (Wildman–Crippen MR) is 86.4 cm³/mol. The summed E-state index contributed by atoms with van der Waals surface area (Å²) >= 11 is 0. The lowest BCUT2D eigenvalue weighted by molar-refractivity contribution is 0.333. The van der Waals surface area contributed by atoms with Crippen LogP contribution in [-0.2, 0) is 6.42 Å². The normalized spacial score (nSPS) is 29.1. The van der Waals surface area contributed by atoms with Crippen molar-refractivity contribution in [1.82, 2.24) is 15.3 Å². The van der Waals surface area contributed by atoms with Crippen LogP contribution in [0.25, 0.3) is 0 Å². The standard InChI is InChI=1S/C18H29N3/c1-3-10-19-16-8-5-9-17-15(16)12-20-18(21-17)14-7-4-6-13(2)11-14/h12-14,16,19H,3-11H2,1-2H3. The summed E-state index contributed by atoms with van der Waals surface area (Å²) in [5, 5.41) is 3.65. The fourth-order valence-corrected chi connectivity index (χ4v) is 3.96. The monoisotopic (exact) mass is 287 g/mol. The second-order valence-electron chi connectivity index (χ2n) is 7.00. The molecule has 0 spiro atoms. The van der Waals surface area contributed by atoms with E-state index < -0.39 is 0 Å². The first-order chi connectivity index (χ1) is 10.3. The molecule has 0 bridgehead atoms. The molecule has 3 unspecified atom stereocenters. The molecule has 3 atom stereocenters. The van der Waals surface area contributed by atoms with Crippen molar-refractivity contribution in [1.29, 1.82) is 0 Å². The number of aryl methyl sites for hydroxylation is 1. The van der Waals surface area contributed by atoms with E-state index in [0.717, 1.165) is 24.7 Å². The van der Waals surface area contributed by atoms with Crippen LogP contribution in [0.5, 0.6) is 0 Å². The molecule has 0 amide bonds. The summed E-state index contributed by atoms with van der Waals surface area (Å²) < 4.78 is 0. The van der Waals surface area contributed by atoms with Crippen LogP contribution < -0.4 is 5.32 Å². The first-order valence-electron chi connectivity index (χ1n) is 8.87. The summed E-state index contributed by atoms with van der Waals surface area (Å²) in [5.41, 5.74) is 2.68. The van der Waals surface area contributed by atoms with Crippen LogP contribution in [0.15, 0.2) is 6.20 Å². The van der Waals surface area contributed by atoms with E-state index in [4.69, 9.17) is 9.97 Å². The molecule has 1 N–H and O–H groups in total. The Kier molecular flexibility index (Phi) is 4.89. The number of nitrogens with one attached hydrogen (secondary N) is 1. The minimum absolute atomic E-state index is 0.480. The Balaban J connectivity index is 1.77. The summed E-state index contributed by atoms with van der Waals surface area (Å²) in [6.45, 7) is 5.68. The lowest BCUT2D eigenvalue weighted by atomic mass is 9.82. The molecule has 2 aliphatic rings. The molecule has 1 fully saturated rings. The average molecular weight is 287 g/mol. The molecule has 2 aliphatic carbocycles. The van der Waals surface area contributed by atoms with E-state index in [0.29, 0.717) is 12.0 Å². The van der Waals surface area contributed by atoms with Gasteiger partial charge in [0.25, 0.3) is 0 Å². The highest BCUT2D eigenvalue weighted by molar-refractivity contribution is 5.25. The predicted octanol–water partition coefficient (Wildman–Crippen LogP) is 4.15. The fraction of sp³-hybridized carbons (Fsp3) is 0.778. The van der Waals surface area contributed by atoms with Crippen molar-refractivity contribution in [2.24, 2.45) is 5.92 Å². The van der Waals surface area contributed by atoms with Crippen LogP contribution in [0.2, 0.25) is 0 Å². The van der Waals surface area contributed by atoms with E-state index in [2.05, 4.69) is 25.4 Å². The van der Waals surface area contributed by atoms with Crippen molar-refractivity contribution in [2.45, 2.75) is 77.2 Å². The van der Waals surface area contributed by atoms with Gasteiger partial charge < -0.3 is 5.32 Å². The molecule has 0 saturated heterocycles. The molecule has 0 radical (unpaired) electrons. The second kappa shape index (κ2) is 6.87. The molecule has 1 heterocycles. The number of hydrogen-bond acceptors (Lipinski definition) is 3. The molecule has 3 rings (SSSR count). The SMILES string of the molecule is CCCNC1CCCc2nc(C3CCCC(C)C3)ncc21. The summed E-state index contributed by atoms with van der Waals surface area (Å²) in [5.74, 6) is 2.56. The molecule has 3 heteroatoms. The number of fused-ring (bicyclic) bond motifs is 1. The van der Waals surface area contributed by atoms with E-state index in [1.54, 1.807) is 0 Å². The van der Waals surface area contributed by atoms with E-state index in [-0.39, 0.29) is 0 Å². The van der Waals surface area contributed by atoms with Gasteiger partial charge in [-0.25, -0.2) is 9.97 Å². The third-order valence-electron chi connectivity index (χ3n) is 5.14. The number of nitrogens with zero attached hydrogens (tertiary/aromatic N) is 2. The zero-order valence-corrected chi connectivity index (χ0v) is 13.6. The van der Waals surface area contributed by atoms with Crippen molar-refractivity contribution >= 4 is 0 Å². The zero-order valence-electron chi connectivity index (χ0n) is 13.6. The molecule has 1 aromatic heterocycles. The van der Waals surface area contributed by atoms with Crippen molar-refractivity contribution in [2.75, 3.05) is 6.54 Å². The quantitative estimate of drug-likeness (QED) is 0.904. The Bertz CT molecular complexity index is 472. The molecular weight excluding hydrogens is 258 g/mol. The number of hydrogen-bond donors (Lipinski definition) is 1. The Hall–Kier alpha value is -0.960. The summed E-state index contributed by atoms with van der Waals surface area (Å²) in [6.07, 6.45) is 12.2. The van der Waals surface area contributed by atoms with E-state index in [1.165, 1.54) is 56.2 Å². The Morgan fingerprint density at radius 2 is 2.14 bits per heavy atom. The maximum atomic E-state index is 4.98. The molecule has 0 aromatic carbocycles. The van der Waals surface area contributed by atoms with E-state index >= 15 is 0 Å². The van der Waals surface area contributed by atoms with Gasteiger partial charge in [-0.05, 0) is 51.0 Å². The minimum atomic E-state index is 0.480. The van der Waals surface area contributed by atoms with Crippen LogP contribution >= 0.6 is 0 Å². The van der Waals surface area contributed by atoms with Crippen LogP contribution in [0.3, 0.4) is 0 Å². The van der Waals surface area contributed by atoms with Gasteiger partial charge in [0.15, 0.2) is 0 Å². The van der Waals surface area contributed by atoms with Gasteiger partial charge in [0, 0.05) is 29.4 Å². The topological polar surface area (TPSA) is 37.8 Å². The van der Waals surface area contributed by atoms with Gasteiger partial charge >= 0.3 is 0 Å². The highest BCUT2D eigenvalue weighted by Gasteiger charge is 2.26. The van der Waals surface area contributed by atoms with Gasteiger partial charge in [0.1, 0.15) is 5.82 Å². The maximum Gasteiger partial charge on any atom is 0.131 e. The Morgan fingerprint density at radius 3 is 2.95 bits per heavy atom. The molecular formula is C18H29N3. The first kappa shape index (κ1) is 15.0. The van der Waals surface area contributed by atoms with Gasteiger partial charge in [-0.3, -0.25) is 0 Å². The third kappa shape index (κ3) is 3.45. The Morgan fingerprint density at radius 1 is 1.24 bits per heavy atom. The van der Waals surface area contributed by atoms with Gasteiger partial charge in [-0.2, -0.15) is 0 Å². The maximum absolute atomic E-state index is 4.98. The van der Waals surface area contributed by atoms with Gasteiger partial charge in [-0.1, -0.05) is 26.7 Å². The largest absolute Gasteiger partial charge is 0.310 e. The number of aromatic nitrogens is 2.